The van der Waals surface area contributed by atoms with Gasteiger partial charge < -0.3 is 0 Å². The second-order valence-electron chi connectivity index (χ2n) is 3.06. The maximum atomic E-state index is 5.68. The van der Waals surface area contributed by atoms with Gasteiger partial charge in [-0.3, -0.25) is 0 Å². The van der Waals surface area contributed by atoms with E-state index in [2.05, 4.69) is 42.5 Å². The third kappa shape index (κ3) is 1.39. The molecule has 62 valence electrons. The van der Waals surface area contributed by atoms with Gasteiger partial charge in [0.25, 0.3) is 0 Å². The highest BCUT2D eigenvalue weighted by molar-refractivity contribution is 8.18. The van der Waals surface area contributed by atoms with E-state index < -0.39 is 6.04 Å². The van der Waals surface area contributed by atoms with Crippen LogP contribution in [0.1, 0.15) is 0 Å². The Bertz CT molecular complexity index is 328. The van der Waals surface area contributed by atoms with Gasteiger partial charge in [0, 0.05) is 0 Å². The van der Waals surface area contributed by atoms with Crippen molar-refractivity contribution < 1.29 is 0 Å². The third-order valence-electron chi connectivity index (χ3n) is 2.19. The van der Waals surface area contributed by atoms with Gasteiger partial charge in [0.05, 0.1) is 0 Å². The fourth-order valence-electron chi connectivity index (χ4n) is 1.47. The van der Waals surface area contributed by atoms with Crippen LogP contribution in [0, 0.1) is 0 Å². The molecule has 0 radical (unpaired) electrons. The second-order valence-corrected chi connectivity index (χ2v) is 8.18. The molecule has 1 aromatic rings. The molecular weight excluding hydrogens is 183 g/mol. The van der Waals surface area contributed by atoms with Crippen LogP contribution in [-0.4, -0.2) is 12.3 Å². The van der Waals surface area contributed by atoms with Gasteiger partial charge in [-0.2, -0.15) is 0 Å². The average molecular weight is 194 g/mol. The Labute approximate surface area is 78.3 Å². The van der Waals surface area contributed by atoms with Crippen LogP contribution < -0.4 is 5.30 Å². The number of hydrogen-bond acceptors (Lipinski definition) is 1. The smallest absolute Gasteiger partial charge is 0.00132 e. The van der Waals surface area contributed by atoms with E-state index in [1.54, 1.807) is 0 Å². The monoisotopic (exact) mass is 194 g/mol. The van der Waals surface area contributed by atoms with E-state index in [1.165, 1.54) is 5.30 Å². The highest BCUT2D eigenvalue weighted by Gasteiger charge is 2.19. The van der Waals surface area contributed by atoms with Gasteiger partial charge in [-0.15, -0.1) is 0 Å². The molecule has 0 bridgehead atoms. The summed E-state index contributed by atoms with van der Waals surface area (Å²) in [7, 11) is 0. The lowest BCUT2D eigenvalue weighted by Crippen LogP contribution is -2.04. The van der Waals surface area contributed by atoms with Crippen LogP contribution in [0.2, 0.25) is 0 Å². The molecule has 1 aliphatic rings. The highest BCUT2D eigenvalue weighted by atomic mass is 32.4. The number of allylic oxidation sites excluding steroid dienone is 2. The van der Waals surface area contributed by atoms with Crippen molar-refractivity contribution in [3.63, 3.8) is 0 Å². The molecular formula is C10H11PS. The molecule has 1 aliphatic heterocycles. The molecule has 0 N–H and O–H groups in total. The van der Waals surface area contributed by atoms with Gasteiger partial charge >= 0.3 is 0 Å². The maximum Gasteiger partial charge on any atom is -0.00132 e. The van der Waals surface area contributed by atoms with E-state index in [1.807, 2.05) is 0 Å². The van der Waals surface area contributed by atoms with Gasteiger partial charge in [0.15, 0.2) is 0 Å². The quantitative estimate of drug-likeness (QED) is 0.488. The molecule has 0 aromatic heterocycles. The van der Waals surface area contributed by atoms with Crippen molar-refractivity contribution in [3.05, 3.63) is 42.5 Å². The van der Waals surface area contributed by atoms with Crippen molar-refractivity contribution >= 4 is 23.1 Å². The van der Waals surface area contributed by atoms with E-state index in [9.17, 15) is 0 Å². The number of hydrogen-bond donors (Lipinski definition) is 0. The first kappa shape index (κ1) is 8.22. The summed E-state index contributed by atoms with van der Waals surface area (Å²) in [6.07, 6.45) is 6.69. The van der Waals surface area contributed by atoms with Gasteiger partial charge in [0.2, 0.25) is 0 Å². The summed E-state index contributed by atoms with van der Waals surface area (Å²) in [4.78, 5) is 0. The zero-order valence-electron chi connectivity index (χ0n) is 6.81. The maximum absolute atomic E-state index is 5.68. The number of benzene rings is 1. The van der Waals surface area contributed by atoms with Crippen LogP contribution in [-0.2, 0) is 11.8 Å². The molecule has 12 heavy (non-hydrogen) atoms. The summed E-state index contributed by atoms with van der Waals surface area (Å²) in [6.45, 7) is 0. The molecule has 1 aromatic carbocycles. The molecule has 0 nitrogen and oxygen atoms in total. The van der Waals surface area contributed by atoms with Crippen LogP contribution in [0.4, 0.5) is 0 Å². The van der Waals surface area contributed by atoms with Crippen LogP contribution >= 0.6 is 6.04 Å². The molecule has 0 aliphatic carbocycles. The van der Waals surface area contributed by atoms with Crippen molar-refractivity contribution in [1.29, 1.82) is 0 Å². The van der Waals surface area contributed by atoms with Crippen LogP contribution in [0.5, 0.6) is 0 Å². The summed E-state index contributed by atoms with van der Waals surface area (Å²) in [5.74, 6) is 0. The van der Waals surface area contributed by atoms with Crippen molar-refractivity contribution in [2.75, 3.05) is 12.3 Å². The molecule has 0 saturated carbocycles. The molecule has 2 rings (SSSR count). The van der Waals surface area contributed by atoms with Crippen molar-refractivity contribution in [2.45, 2.75) is 0 Å². The molecule has 0 atom stereocenters. The Hall–Kier alpha value is -0.390. The second kappa shape index (κ2) is 3.16. The van der Waals surface area contributed by atoms with Crippen LogP contribution in [0.15, 0.2) is 42.5 Å². The minimum absolute atomic E-state index is 1.12. The molecule has 0 fully saturated rings. The van der Waals surface area contributed by atoms with Gasteiger partial charge in [-0.1, -0.05) is 54.3 Å². The van der Waals surface area contributed by atoms with Crippen molar-refractivity contribution in [1.82, 2.24) is 0 Å². The fraction of sp³-hybridized carbons (Fsp3) is 0.200. The van der Waals surface area contributed by atoms with E-state index in [4.69, 9.17) is 11.8 Å². The molecule has 0 unspecified atom stereocenters. The normalized spacial score (nSPS) is 19.7. The average Bonchev–Trinajstić information content (AvgIpc) is 2.55. The molecule has 0 saturated heterocycles. The fourth-order valence-corrected chi connectivity index (χ4v) is 4.62. The zero-order chi connectivity index (χ0) is 8.44. The van der Waals surface area contributed by atoms with Crippen molar-refractivity contribution in [2.24, 2.45) is 0 Å². The largest absolute Gasteiger partial charge is 0.0919 e. The minimum Gasteiger partial charge on any atom is -0.0919 e. The molecule has 2 heteroatoms. The Kier molecular flexibility index (Phi) is 2.16. The summed E-state index contributed by atoms with van der Waals surface area (Å²) >= 11 is 5.68. The zero-order valence-corrected chi connectivity index (χ0v) is 8.52. The Morgan fingerprint density at radius 1 is 1.00 bits per heavy atom. The summed E-state index contributed by atoms with van der Waals surface area (Å²) in [5, 5.41) is 1.39. The molecule has 0 spiro atoms. The standard InChI is InChI=1S/C10H11PS/c12-11(8-4-5-9-11)10-6-2-1-3-7-10/h1-7H,8-9H2. The summed E-state index contributed by atoms with van der Waals surface area (Å²) < 4.78 is 0. The Morgan fingerprint density at radius 2 is 1.58 bits per heavy atom. The van der Waals surface area contributed by atoms with Crippen LogP contribution in [0.3, 0.4) is 0 Å². The van der Waals surface area contributed by atoms with E-state index in [0.29, 0.717) is 0 Å². The topological polar surface area (TPSA) is 0 Å². The Morgan fingerprint density at radius 3 is 2.17 bits per heavy atom. The predicted molar refractivity (Wildman–Crippen MR) is 59.2 cm³/mol. The van der Waals surface area contributed by atoms with Crippen molar-refractivity contribution in [3.8, 4) is 0 Å². The first-order valence-electron chi connectivity index (χ1n) is 4.10. The molecule has 0 amide bonds. The highest BCUT2D eigenvalue weighted by Crippen LogP contribution is 2.47. The first-order valence-corrected chi connectivity index (χ1v) is 7.27. The SMILES string of the molecule is S=P1(c2ccccc2)CC=CC1. The Balaban J connectivity index is 2.38. The lowest BCUT2D eigenvalue weighted by atomic mass is 10.4. The minimum atomic E-state index is -1.20. The van der Waals surface area contributed by atoms with E-state index >= 15 is 0 Å². The lowest BCUT2D eigenvalue weighted by Gasteiger charge is -2.14. The van der Waals surface area contributed by atoms with E-state index in [0.717, 1.165) is 12.3 Å². The van der Waals surface area contributed by atoms with Gasteiger partial charge in [-0.05, 0) is 23.7 Å². The number of rotatable bonds is 1. The van der Waals surface area contributed by atoms with Crippen LogP contribution in [0.25, 0.3) is 0 Å². The lowest BCUT2D eigenvalue weighted by molar-refractivity contribution is 1.74. The summed E-state index contributed by atoms with van der Waals surface area (Å²) in [6, 6.07) is 9.37. The van der Waals surface area contributed by atoms with Gasteiger partial charge in [-0.25, -0.2) is 0 Å². The predicted octanol–water partition coefficient (Wildman–Crippen LogP) is 2.36. The van der Waals surface area contributed by atoms with E-state index in [-0.39, 0.29) is 0 Å². The first-order chi connectivity index (χ1) is 5.81. The third-order valence-corrected chi connectivity index (χ3v) is 6.56. The summed E-state index contributed by atoms with van der Waals surface area (Å²) in [5.41, 5.74) is 0. The molecule has 1 heterocycles. The van der Waals surface area contributed by atoms with Gasteiger partial charge in [0.1, 0.15) is 0 Å².